The second kappa shape index (κ2) is 6.53. The molecule has 2 N–H and O–H groups in total. The Balaban J connectivity index is 3.00. The van der Waals surface area contributed by atoms with Crippen molar-refractivity contribution in [3.8, 4) is 11.5 Å². The molecule has 0 saturated heterocycles. The number of benzene rings is 1. The standard InChI is InChI=1S/C12H17NO5S/c1-17-9-3-4-10(12(7-9)18-2)11(14)8-19(15,16)6-5-13/h3-4,7H,5-6,8,13H2,1-2H3. The number of carbonyl (C=O) groups excluding carboxylic acids is 1. The highest BCUT2D eigenvalue weighted by Crippen LogP contribution is 2.25. The van der Waals surface area contributed by atoms with Crippen LogP contribution in [0.25, 0.3) is 0 Å². The topological polar surface area (TPSA) is 95.7 Å². The summed E-state index contributed by atoms with van der Waals surface area (Å²) in [6.45, 7) is -0.00460. The molecular weight excluding hydrogens is 270 g/mol. The van der Waals surface area contributed by atoms with Crippen molar-refractivity contribution in [2.75, 3.05) is 32.3 Å². The van der Waals surface area contributed by atoms with Crippen LogP contribution in [0, 0.1) is 0 Å². The first-order chi connectivity index (χ1) is 8.93. The van der Waals surface area contributed by atoms with Gasteiger partial charge < -0.3 is 15.2 Å². The molecule has 1 aromatic rings. The third-order valence-electron chi connectivity index (χ3n) is 2.49. The molecule has 0 fully saturated rings. The maximum absolute atomic E-state index is 12.0. The first-order valence-corrected chi connectivity index (χ1v) is 7.41. The van der Waals surface area contributed by atoms with Gasteiger partial charge in [0.15, 0.2) is 15.6 Å². The van der Waals surface area contributed by atoms with Gasteiger partial charge in [0.25, 0.3) is 0 Å². The molecule has 0 amide bonds. The van der Waals surface area contributed by atoms with Crippen LogP contribution in [0.2, 0.25) is 0 Å². The number of ether oxygens (including phenoxy) is 2. The predicted octanol–water partition coefficient (Wildman–Crippen LogP) is 0.260. The molecule has 19 heavy (non-hydrogen) atoms. The van der Waals surface area contributed by atoms with Crippen molar-refractivity contribution in [1.82, 2.24) is 0 Å². The number of sulfone groups is 1. The largest absolute Gasteiger partial charge is 0.497 e. The minimum absolute atomic E-state index is 0.00460. The second-order valence-electron chi connectivity index (χ2n) is 3.87. The summed E-state index contributed by atoms with van der Waals surface area (Å²) in [5.41, 5.74) is 5.40. The van der Waals surface area contributed by atoms with Crippen LogP contribution in [-0.2, 0) is 9.84 Å². The first kappa shape index (κ1) is 15.5. The minimum atomic E-state index is -3.48. The van der Waals surface area contributed by atoms with Crippen LogP contribution in [0.4, 0.5) is 0 Å². The van der Waals surface area contributed by atoms with Crippen molar-refractivity contribution in [3.05, 3.63) is 23.8 Å². The average molecular weight is 287 g/mol. The van der Waals surface area contributed by atoms with Gasteiger partial charge in [-0.1, -0.05) is 0 Å². The monoisotopic (exact) mass is 287 g/mol. The van der Waals surface area contributed by atoms with Gasteiger partial charge in [0, 0.05) is 12.6 Å². The average Bonchev–Trinajstić information content (AvgIpc) is 2.37. The van der Waals surface area contributed by atoms with E-state index in [4.69, 9.17) is 15.2 Å². The number of hydrogen-bond acceptors (Lipinski definition) is 6. The number of methoxy groups -OCH3 is 2. The van der Waals surface area contributed by atoms with Crippen LogP contribution in [-0.4, -0.2) is 46.5 Å². The van der Waals surface area contributed by atoms with Gasteiger partial charge >= 0.3 is 0 Å². The highest BCUT2D eigenvalue weighted by atomic mass is 32.2. The molecule has 0 aromatic heterocycles. The first-order valence-electron chi connectivity index (χ1n) is 5.59. The van der Waals surface area contributed by atoms with Crippen molar-refractivity contribution in [1.29, 1.82) is 0 Å². The highest BCUT2D eigenvalue weighted by Gasteiger charge is 2.20. The summed E-state index contributed by atoms with van der Waals surface area (Å²) < 4.78 is 33.2. The second-order valence-corrected chi connectivity index (χ2v) is 6.05. The molecule has 0 radical (unpaired) electrons. The number of carbonyl (C=O) groups is 1. The fourth-order valence-corrected chi connectivity index (χ4v) is 2.62. The van der Waals surface area contributed by atoms with Gasteiger partial charge in [0.05, 0.1) is 25.5 Å². The molecule has 0 aliphatic rings. The Bertz CT molecular complexity index is 553. The van der Waals surface area contributed by atoms with E-state index in [0.29, 0.717) is 5.75 Å². The van der Waals surface area contributed by atoms with Crippen LogP contribution >= 0.6 is 0 Å². The van der Waals surface area contributed by atoms with Gasteiger partial charge in [-0.3, -0.25) is 4.79 Å². The van der Waals surface area contributed by atoms with E-state index in [1.165, 1.54) is 26.4 Å². The minimum Gasteiger partial charge on any atom is -0.497 e. The van der Waals surface area contributed by atoms with E-state index in [1.54, 1.807) is 6.07 Å². The van der Waals surface area contributed by atoms with Crippen LogP contribution in [0.5, 0.6) is 11.5 Å². The Kier molecular flexibility index (Phi) is 5.31. The molecular formula is C12H17NO5S. The zero-order valence-corrected chi connectivity index (χ0v) is 11.7. The van der Waals surface area contributed by atoms with E-state index in [9.17, 15) is 13.2 Å². The lowest BCUT2D eigenvalue weighted by Crippen LogP contribution is -2.23. The van der Waals surface area contributed by atoms with Crippen molar-refractivity contribution in [2.24, 2.45) is 5.73 Å². The Labute approximate surface area is 112 Å². The van der Waals surface area contributed by atoms with Crippen molar-refractivity contribution in [3.63, 3.8) is 0 Å². The van der Waals surface area contributed by atoms with Gasteiger partial charge in [-0.15, -0.1) is 0 Å². The van der Waals surface area contributed by atoms with E-state index in [1.807, 2.05) is 0 Å². The number of rotatable bonds is 7. The molecule has 0 heterocycles. The smallest absolute Gasteiger partial charge is 0.181 e. The third-order valence-corrected chi connectivity index (χ3v) is 4.05. The lowest BCUT2D eigenvalue weighted by Gasteiger charge is -2.09. The molecule has 1 rings (SSSR count). The summed E-state index contributed by atoms with van der Waals surface area (Å²) in [4.78, 5) is 12.0. The van der Waals surface area contributed by atoms with E-state index in [0.717, 1.165) is 0 Å². The summed E-state index contributed by atoms with van der Waals surface area (Å²) in [6, 6.07) is 4.59. The Hall–Kier alpha value is -1.60. The van der Waals surface area contributed by atoms with Gasteiger partial charge in [0.1, 0.15) is 17.3 Å². The molecule has 0 unspecified atom stereocenters. The zero-order chi connectivity index (χ0) is 14.5. The Morgan fingerprint density at radius 2 is 1.95 bits per heavy atom. The SMILES string of the molecule is COc1ccc(C(=O)CS(=O)(=O)CCN)c(OC)c1. The molecule has 0 bridgehead atoms. The van der Waals surface area contributed by atoms with E-state index in [2.05, 4.69) is 0 Å². The number of Topliss-reactive ketones (excluding diaryl/α,β-unsaturated/α-hetero) is 1. The molecule has 0 aliphatic carbocycles. The van der Waals surface area contributed by atoms with Crippen molar-refractivity contribution >= 4 is 15.6 Å². The summed E-state index contributed by atoms with van der Waals surface area (Å²) in [7, 11) is -0.590. The van der Waals surface area contributed by atoms with E-state index >= 15 is 0 Å². The fourth-order valence-electron chi connectivity index (χ4n) is 1.56. The molecule has 0 atom stereocenters. The van der Waals surface area contributed by atoms with Crippen LogP contribution in [0.1, 0.15) is 10.4 Å². The van der Waals surface area contributed by atoms with Gasteiger partial charge in [-0.25, -0.2) is 8.42 Å². The fraction of sp³-hybridized carbons (Fsp3) is 0.417. The molecule has 7 heteroatoms. The van der Waals surface area contributed by atoms with Gasteiger partial charge in [-0.2, -0.15) is 0 Å². The lowest BCUT2D eigenvalue weighted by atomic mass is 10.1. The Morgan fingerprint density at radius 1 is 1.26 bits per heavy atom. The molecule has 6 nitrogen and oxygen atoms in total. The molecule has 0 spiro atoms. The van der Waals surface area contributed by atoms with E-state index < -0.39 is 21.4 Å². The van der Waals surface area contributed by atoms with E-state index in [-0.39, 0.29) is 23.6 Å². The summed E-state index contributed by atoms with van der Waals surface area (Å²) in [5.74, 6) is -0.497. The maximum Gasteiger partial charge on any atom is 0.181 e. The predicted molar refractivity (Wildman–Crippen MR) is 71.6 cm³/mol. The van der Waals surface area contributed by atoms with Crippen molar-refractivity contribution < 1.29 is 22.7 Å². The van der Waals surface area contributed by atoms with Gasteiger partial charge in [0.2, 0.25) is 0 Å². The molecule has 1 aromatic carbocycles. The van der Waals surface area contributed by atoms with Crippen LogP contribution in [0.3, 0.4) is 0 Å². The lowest BCUT2D eigenvalue weighted by molar-refractivity contribution is 0.101. The number of hydrogen-bond donors (Lipinski definition) is 1. The number of ketones is 1. The zero-order valence-electron chi connectivity index (χ0n) is 10.9. The Morgan fingerprint density at radius 3 is 2.47 bits per heavy atom. The maximum atomic E-state index is 12.0. The molecule has 0 saturated carbocycles. The number of nitrogens with two attached hydrogens (primary N) is 1. The van der Waals surface area contributed by atoms with Crippen LogP contribution in [0.15, 0.2) is 18.2 Å². The van der Waals surface area contributed by atoms with Crippen LogP contribution < -0.4 is 15.2 Å². The van der Waals surface area contributed by atoms with Gasteiger partial charge in [-0.05, 0) is 12.1 Å². The van der Waals surface area contributed by atoms with Crippen molar-refractivity contribution in [2.45, 2.75) is 0 Å². The molecule has 106 valence electrons. The molecule has 0 aliphatic heterocycles. The summed E-state index contributed by atoms with van der Waals surface area (Å²) in [6.07, 6.45) is 0. The summed E-state index contributed by atoms with van der Waals surface area (Å²) >= 11 is 0. The normalized spacial score (nSPS) is 11.1. The third kappa shape index (κ3) is 4.22. The highest BCUT2D eigenvalue weighted by molar-refractivity contribution is 7.92. The summed E-state index contributed by atoms with van der Waals surface area (Å²) in [5, 5.41) is 0. The quantitative estimate of drug-likeness (QED) is 0.723.